The van der Waals surface area contributed by atoms with Gasteiger partial charge in [-0.05, 0) is 31.2 Å². The van der Waals surface area contributed by atoms with Crippen molar-refractivity contribution in [2.24, 2.45) is 0 Å². The second kappa shape index (κ2) is 8.85. The number of aromatic nitrogens is 2. The molecule has 0 aliphatic carbocycles. The Morgan fingerprint density at radius 1 is 1.07 bits per heavy atom. The summed E-state index contributed by atoms with van der Waals surface area (Å²) in [6, 6.07) is 4.74. The van der Waals surface area contributed by atoms with Crippen LogP contribution in [0.3, 0.4) is 0 Å². The first-order valence-electron chi connectivity index (χ1n) is 8.90. The maximum absolute atomic E-state index is 12.7. The maximum atomic E-state index is 12.7. The zero-order chi connectivity index (χ0) is 21.0. The van der Waals surface area contributed by atoms with Crippen molar-refractivity contribution in [2.45, 2.75) is 17.9 Å². The monoisotopic (exact) mass is 437 g/mol. The van der Waals surface area contributed by atoms with Crippen LogP contribution in [-0.2, 0) is 14.8 Å². The number of rotatable bonds is 5. The average Bonchev–Trinajstić information content (AvgIpc) is 2.73. The quantitative estimate of drug-likeness (QED) is 0.739. The number of amides is 2. The number of carbonyl (C=O) groups excluding carboxylic acids is 2. The molecule has 154 valence electrons. The maximum Gasteiger partial charge on any atom is 0.274 e. The van der Waals surface area contributed by atoms with Gasteiger partial charge < -0.3 is 9.80 Å². The molecule has 1 atom stereocenters. The van der Waals surface area contributed by atoms with Gasteiger partial charge in [-0.1, -0.05) is 11.6 Å². The zero-order valence-corrected chi connectivity index (χ0v) is 17.2. The second-order valence-electron chi connectivity index (χ2n) is 6.51. The van der Waals surface area contributed by atoms with E-state index in [9.17, 15) is 18.0 Å². The molecule has 1 fully saturated rings. The van der Waals surface area contributed by atoms with E-state index in [1.807, 2.05) is 0 Å². The number of nitrogens with zero attached hydrogens (tertiary/aromatic N) is 4. The Morgan fingerprint density at radius 3 is 2.28 bits per heavy atom. The number of sulfonamides is 1. The first-order chi connectivity index (χ1) is 13.8. The standard InChI is InChI=1S/C18H20ClN5O4S/c1-13(22-29(27,28)15-4-2-14(19)3-5-15)17(25)23-8-10-24(11-9-23)18(26)16-12-20-6-7-21-16/h2-7,12-13,22H,8-11H2,1H3/t13-/m0/s1. The van der Waals surface area contributed by atoms with Gasteiger partial charge in [0.05, 0.1) is 17.1 Å². The number of halogens is 1. The largest absolute Gasteiger partial charge is 0.338 e. The van der Waals surface area contributed by atoms with Crippen LogP contribution in [0.25, 0.3) is 0 Å². The molecule has 2 amide bonds. The van der Waals surface area contributed by atoms with E-state index in [0.29, 0.717) is 31.2 Å². The fraction of sp³-hybridized carbons (Fsp3) is 0.333. The van der Waals surface area contributed by atoms with Crippen LogP contribution in [0.1, 0.15) is 17.4 Å². The number of nitrogens with one attached hydrogen (secondary N) is 1. The highest BCUT2D eigenvalue weighted by atomic mass is 35.5. The van der Waals surface area contributed by atoms with Gasteiger partial charge in [0.2, 0.25) is 15.9 Å². The van der Waals surface area contributed by atoms with Crippen LogP contribution in [0.4, 0.5) is 0 Å². The van der Waals surface area contributed by atoms with Gasteiger partial charge in [-0.2, -0.15) is 4.72 Å². The van der Waals surface area contributed by atoms with Gasteiger partial charge in [0.1, 0.15) is 5.69 Å². The molecule has 2 aromatic rings. The van der Waals surface area contributed by atoms with Crippen molar-refractivity contribution < 1.29 is 18.0 Å². The minimum atomic E-state index is -3.86. The van der Waals surface area contributed by atoms with Crippen LogP contribution in [0, 0.1) is 0 Å². The Labute approximate surface area is 173 Å². The highest BCUT2D eigenvalue weighted by Gasteiger charge is 2.30. The summed E-state index contributed by atoms with van der Waals surface area (Å²) in [5.74, 6) is -0.601. The molecule has 1 aliphatic rings. The summed E-state index contributed by atoms with van der Waals surface area (Å²) in [4.78, 5) is 36.1. The third-order valence-corrected chi connectivity index (χ3v) is 6.30. The Hall–Kier alpha value is -2.56. The summed E-state index contributed by atoms with van der Waals surface area (Å²) < 4.78 is 27.3. The molecule has 29 heavy (non-hydrogen) atoms. The molecule has 0 saturated carbocycles. The van der Waals surface area contributed by atoms with Crippen LogP contribution in [-0.4, -0.2) is 72.2 Å². The lowest BCUT2D eigenvalue weighted by Crippen LogP contribution is -2.55. The highest BCUT2D eigenvalue weighted by molar-refractivity contribution is 7.89. The number of carbonyl (C=O) groups is 2. The summed E-state index contributed by atoms with van der Waals surface area (Å²) in [6.45, 7) is 2.76. The molecular weight excluding hydrogens is 418 g/mol. The smallest absolute Gasteiger partial charge is 0.274 e. The molecule has 0 bridgehead atoms. The van der Waals surface area contributed by atoms with Crippen LogP contribution in [0.15, 0.2) is 47.8 Å². The minimum absolute atomic E-state index is 0.0286. The summed E-state index contributed by atoms with van der Waals surface area (Å²) in [5.41, 5.74) is 0.247. The number of hydrogen-bond donors (Lipinski definition) is 1. The van der Waals surface area contributed by atoms with Crippen molar-refractivity contribution in [2.75, 3.05) is 26.2 Å². The van der Waals surface area contributed by atoms with Gasteiger partial charge >= 0.3 is 0 Å². The van der Waals surface area contributed by atoms with Crippen LogP contribution in [0.5, 0.6) is 0 Å². The third-order valence-electron chi connectivity index (χ3n) is 4.49. The van der Waals surface area contributed by atoms with E-state index in [1.54, 1.807) is 4.90 Å². The molecule has 0 unspecified atom stereocenters. The van der Waals surface area contributed by atoms with E-state index in [1.165, 1.54) is 54.7 Å². The average molecular weight is 438 g/mol. The van der Waals surface area contributed by atoms with E-state index >= 15 is 0 Å². The fourth-order valence-electron chi connectivity index (χ4n) is 2.94. The SMILES string of the molecule is C[C@H](NS(=O)(=O)c1ccc(Cl)cc1)C(=O)N1CCN(C(=O)c2cnccn2)CC1. The molecule has 0 spiro atoms. The molecule has 0 radical (unpaired) electrons. The zero-order valence-electron chi connectivity index (χ0n) is 15.7. The van der Waals surface area contributed by atoms with E-state index in [4.69, 9.17) is 11.6 Å². The molecule has 3 rings (SSSR count). The predicted octanol–water partition coefficient (Wildman–Crippen LogP) is 0.781. The van der Waals surface area contributed by atoms with E-state index in [-0.39, 0.29) is 22.4 Å². The first kappa shape index (κ1) is 21.2. The van der Waals surface area contributed by atoms with Crippen molar-refractivity contribution in [1.82, 2.24) is 24.5 Å². The molecule has 1 aromatic heterocycles. The lowest BCUT2D eigenvalue weighted by molar-refractivity contribution is -0.134. The third kappa shape index (κ3) is 5.08. The molecule has 11 heteroatoms. The minimum Gasteiger partial charge on any atom is -0.338 e. The van der Waals surface area contributed by atoms with Gasteiger partial charge in [0.15, 0.2) is 0 Å². The molecule has 1 aliphatic heterocycles. The predicted molar refractivity (Wildman–Crippen MR) is 106 cm³/mol. The van der Waals surface area contributed by atoms with E-state index in [2.05, 4.69) is 14.7 Å². The van der Waals surface area contributed by atoms with Crippen molar-refractivity contribution in [1.29, 1.82) is 0 Å². The Kier molecular flexibility index (Phi) is 6.46. The van der Waals surface area contributed by atoms with Crippen molar-refractivity contribution in [3.05, 3.63) is 53.6 Å². The highest BCUT2D eigenvalue weighted by Crippen LogP contribution is 2.15. The lowest BCUT2D eigenvalue weighted by Gasteiger charge is -2.35. The lowest BCUT2D eigenvalue weighted by atomic mass is 10.2. The van der Waals surface area contributed by atoms with Gasteiger partial charge in [0.25, 0.3) is 5.91 Å². The number of hydrogen-bond acceptors (Lipinski definition) is 6. The summed E-state index contributed by atoms with van der Waals surface area (Å²) in [7, 11) is -3.86. The second-order valence-corrected chi connectivity index (χ2v) is 8.66. The topological polar surface area (TPSA) is 113 Å². The Morgan fingerprint density at radius 2 is 1.69 bits per heavy atom. The van der Waals surface area contributed by atoms with Gasteiger partial charge in [-0.3, -0.25) is 14.6 Å². The molecule has 1 aromatic carbocycles. The van der Waals surface area contributed by atoms with Crippen LogP contribution >= 0.6 is 11.6 Å². The Bertz CT molecular complexity index is 977. The van der Waals surface area contributed by atoms with Crippen molar-refractivity contribution >= 4 is 33.4 Å². The van der Waals surface area contributed by atoms with E-state index in [0.717, 1.165) is 0 Å². The normalized spacial score (nSPS) is 15.8. The van der Waals surface area contributed by atoms with Crippen LogP contribution in [0.2, 0.25) is 5.02 Å². The van der Waals surface area contributed by atoms with Crippen LogP contribution < -0.4 is 4.72 Å². The molecule has 1 saturated heterocycles. The summed E-state index contributed by atoms with van der Waals surface area (Å²) in [5, 5.41) is 0.418. The first-order valence-corrected chi connectivity index (χ1v) is 10.8. The number of benzene rings is 1. The van der Waals surface area contributed by atoms with E-state index < -0.39 is 16.1 Å². The van der Waals surface area contributed by atoms with Crippen molar-refractivity contribution in [3.63, 3.8) is 0 Å². The van der Waals surface area contributed by atoms with Gasteiger partial charge in [0, 0.05) is 43.6 Å². The van der Waals surface area contributed by atoms with Gasteiger partial charge in [-0.25, -0.2) is 13.4 Å². The Balaban J connectivity index is 1.57. The molecule has 2 heterocycles. The molecular formula is C18H20ClN5O4S. The van der Waals surface area contributed by atoms with Crippen molar-refractivity contribution in [3.8, 4) is 0 Å². The fourth-order valence-corrected chi connectivity index (χ4v) is 4.26. The van der Waals surface area contributed by atoms with Gasteiger partial charge in [-0.15, -0.1) is 0 Å². The molecule has 9 nitrogen and oxygen atoms in total. The number of piperazine rings is 1. The summed E-state index contributed by atoms with van der Waals surface area (Å²) >= 11 is 5.78. The molecule has 1 N–H and O–H groups in total. The summed E-state index contributed by atoms with van der Waals surface area (Å²) in [6.07, 6.45) is 4.33.